The van der Waals surface area contributed by atoms with E-state index in [4.69, 9.17) is 27.9 Å². The number of hydrogen-bond donors (Lipinski definition) is 2. The molecule has 198 valence electrons. The molecule has 1 saturated heterocycles. The molecule has 0 atom stereocenters. The maximum atomic E-state index is 13.1. The van der Waals surface area contributed by atoms with Gasteiger partial charge in [0, 0.05) is 54.4 Å². The Hall–Kier alpha value is -2.59. The lowest BCUT2D eigenvalue weighted by Gasteiger charge is -2.30. The number of halogens is 2. The second-order valence-corrected chi connectivity index (χ2v) is 11.6. The summed E-state index contributed by atoms with van der Waals surface area (Å²) in [4.78, 5) is 17.1. The van der Waals surface area contributed by atoms with Crippen molar-refractivity contribution in [1.82, 2.24) is 14.6 Å². The number of rotatable bonds is 10. The second-order valence-electron chi connectivity index (χ2n) is 8.79. The summed E-state index contributed by atoms with van der Waals surface area (Å²) in [5.41, 5.74) is 1.79. The number of nitrogens with zero attached hydrogens (tertiary/aromatic N) is 2. The molecule has 0 spiro atoms. The van der Waals surface area contributed by atoms with Gasteiger partial charge in [0.1, 0.15) is 5.75 Å². The quantitative estimate of drug-likeness (QED) is 0.337. The van der Waals surface area contributed by atoms with Crippen molar-refractivity contribution < 1.29 is 17.9 Å². The van der Waals surface area contributed by atoms with E-state index in [9.17, 15) is 13.2 Å². The van der Waals surface area contributed by atoms with Crippen LogP contribution in [0.1, 0.15) is 26.2 Å². The number of aromatic nitrogens is 1. The molecule has 1 aliphatic heterocycles. The summed E-state index contributed by atoms with van der Waals surface area (Å²) >= 11 is 12.2. The third-order valence-electron chi connectivity index (χ3n) is 6.34. The fourth-order valence-electron chi connectivity index (χ4n) is 4.36. The molecule has 1 amide bonds. The molecular weight excluding hydrogens is 535 g/mol. The third kappa shape index (κ3) is 6.65. The Morgan fingerprint density at radius 2 is 1.89 bits per heavy atom. The molecule has 1 fully saturated rings. The third-order valence-corrected chi connectivity index (χ3v) is 8.76. The van der Waals surface area contributed by atoms with Gasteiger partial charge in [-0.25, -0.2) is 8.42 Å². The molecule has 0 saturated carbocycles. The zero-order valence-electron chi connectivity index (χ0n) is 20.5. The molecule has 3 aromatic rings. The lowest BCUT2D eigenvalue weighted by atomic mass is 9.97. The molecule has 0 bridgehead atoms. The van der Waals surface area contributed by atoms with Crippen molar-refractivity contribution in [2.24, 2.45) is 5.92 Å². The van der Waals surface area contributed by atoms with Gasteiger partial charge in [-0.05, 0) is 68.7 Å². The van der Waals surface area contributed by atoms with Crippen molar-refractivity contribution in [2.45, 2.75) is 31.1 Å². The predicted octanol–water partition coefficient (Wildman–Crippen LogP) is 4.96. The summed E-state index contributed by atoms with van der Waals surface area (Å²) in [5, 5.41) is 8.26. The van der Waals surface area contributed by atoms with Crippen LogP contribution in [0.5, 0.6) is 5.75 Å². The van der Waals surface area contributed by atoms with E-state index < -0.39 is 10.0 Å². The van der Waals surface area contributed by atoms with Gasteiger partial charge in [0.05, 0.1) is 22.0 Å². The first kappa shape index (κ1) is 27.4. The normalized spacial score (nSPS) is 15.0. The average molecular weight is 566 g/mol. The van der Waals surface area contributed by atoms with Crippen LogP contribution in [0.25, 0.3) is 10.9 Å². The van der Waals surface area contributed by atoms with Gasteiger partial charge in [-0.3, -0.25) is 9.78 Å². The minimum Gasteiger partial charge on any atom is -0.492 e. The van der Waals surface area contributed by atoms with Crippen LogP contribution < -0.4 is 15.4 Å². The molecule has 8 nitrogen and oxygen atoms in total. The predicted molar refractivity (Wildman–Crippen MR) is 147 cm³/mol. The Morgan fingerprint density at radius 1 is 1.11 bits per heavy atom. The smallest absolute Gasteiger partial charge is 0.243 e. The highest BCUT2D eigenvalue weighted by atomic mass is 35.5. The van der Waals surface area contributed by atoms with E-state index in [0.717, 1.165) is 23.0 Å². The molecule has 0 unspecified atom stereocenters. The van der Waals surface area contributed by atoms with Gasteiger partial charge in [-0.1, -0.05) is 23.2 Å². The minimum absolute atomic E-state index is 0.0369. The van der Waals surface area contributed by atoms with Crippen molar-refractivity contribution in [3.8, 4) is 5.75 Å². The molecule has 0 aliphatic carbocycles. The van der Waals surface area contributed by atoms with Crippen LogP contribution in [0.15, 0.2) is 53.6 Å². The zero-order chi connectivity index (χ0) is 26.4. The van der Waals surface area contributed by atoms with Gasteiger partial charge in [-0.15, -0.1) is 0 Å². The van der Waals surface area contributed by atoms with Crippen LogP contribution in [-0.2, 0) is 14.8 Å². The van der Waals surface area contributed by atoms with E-state index in [1.165, 1.54) is 16.4 Å². The average Bonchev–Trinajstić information content (AvgIpc) is 2.89. The Morgan fingerprint density at radius 3 is 2.62 bits per heavy atom. The lowest BCUT2D eigenvalue weighted by molar-refractivity contribution is -0.126. The van der Waals surface area contributed by atoms with Gasteiger partial charge in [0.15, 0.2) is 0 Å². The number of hydrogen-bond acceptors (Lipinski definition) is 6. The molecule has 2 N–H and O–H groups in total. The van der Waals surface area contributed by atoms with Gasteiger partial charge in [0.2, 0.25) is 15.9 Å². The van der Waals surface area contributed by atoms with Crippen molar-refractivity contribution in [3.63, 3.8) is 0 Å². The second kappa shape index (κ2) is 12.3. The number of fused-ring (bicyclic) bond motifs is 1. The number of carbonyl (C=O) groups excluding carboxylic acids is 1. The number of pyridine rings is 1. The van der Waals surface area contributed by atoms with E-state index in [1.807, 2.05) is 31.2 Å². The first-order chi connectivity index (χ1) is 17.8. The Bertz CT molecular complexity index is 1360. The van der Waals surface area contributed by atoms with Crippen LogP contribution >= 0.6 is 23.2 Å². The maximum absolute atomic E-state index is 13.1. The monoisotopic (exact) mass is 564 g/mol. The zero-order valence-corrected chi connectivity index (χ0v) is 22.9. The van der Waals surface area contributed by atoms with Crippen LogP contribution in [0.4, 0.5) is 5.69 Å². The first-order valence-electron chi connectivity index (χ1n) is 12.3. The number of carbonyl (C=O) groups is 1. The number of sulfonamides is 1. The number of anilines is 1. The van der Waals surface area contributed by atoms with Crippen molar-refractivity contribution in [1.29, 1.82) is 0 Å². The van der Waals surface area contributed by atoms with Crippen molar-refractivity contribution in [3.05, 3.63) is 58.7 Å². The van der Waals surface area contributed by atoms with Crippen LogP contribution in [0, 0.1) is 5.92 Å². The highest BCUT2D eigenvalue weighted by molar-refractivity contribution is 7.89. The molecule has 11 heteroatoms. The number of amides is 1. The van der Waals surface area contributed by atoms with Gasteiger partial charge < -0.3 is 15.4 Å². The van der Waals surface area contributed by atoms with E-state index in [2.05, 4.69) is 15.6 Å². The molecule has 2 heterocycles. The van der Waals surface area contributed by atoms with Crippen LogP contribution in [0.2, 0.25) is 10.0 Å². The van der Waals surface area contributed by atoms with Crippen molar-refractivity contribution >= 4 is 55.7 Å². The summed E-state index contributed by atoms with van der Waals surface area (Å²) in [6, 6.07) is 12.0. The molecule has 2 aromatic carbocycles. The van der Waals surface area contributed by atoms with E-state index in [1.54, 1.807) is 12.3 Å². The molecule has 0 radical (unpaired) electrons. The molecule has 37 heavy (non-hydrogen) atoms. The number of nitrogens with one attached hydrogen (secondary N) is 2. The van der Waals surface area contributed by atoms with Crippen LogP contribution in [-0.4, -0.2) is 56.4 Å². The SMILES string of the molecule is CCOc1ccc(S(=O)(=O)N2CCC(C(=O)NCCCNc3ccnc4cc(Cl)ccc34)CC2)cc1Cl. The van der Waals surface area contributed by atoms with E-state index >= 15 is 0 Å². The summed E-state index contributed by atoms with van der Waals surface area (Å²) < 4.78 is 32.9. The fourth-order valence-corrected chi connectivity index (χ4v) is 6.33. The summed E-state index contributed by atoms with van der Waals surface area (Å²) in [7, 11) is -3.69. The Labute approximate surface area is 227 Å². The number of benzene rings is 2. The van der Waals surface area contributed by atoms with E-state index in [0.29, 0.717) is 43.3 Å². The Kier molecular flexibility index (Phi) is 9.13. The highest BCUT2D eigenvalue weighted by Crippen LogP contribution is 2.30. The summed E-state index contributed by atoms with van der Waals surface area (Å²) in [6.07, 6.45) is 3.42. The van der Waals surface area contributed by atoms with Gasteiger partial charge in [0.25, 0.3) is 0 Å². The highest BCUT2D eigenvalue weighted by Gasteiger charge is 2.32. The van der Waals surface area contributed by atoms with Gasteiger partial charge >= 0.3 is 0 Å². The first-order valence-corrected chi connectivity index (χ1v) is 14.5. The topological polar surface area (TPSA) is 101 Å². The maximum Gasteiger partial charge on any atom is 0.243 e. The number of piperidine rings is 1. The lowest BCUT2D eigenvalue weighted by Crippen LogP contribution is -2.43. The number of ether oxygens (including phenoxy) is 1. The largest absolute Gasteiger partial charge is 0.492 e. The molecular formula is C26H30Cl2N4O4S. The molecule has 4 rings (SSSR count). The van der Waals surface area contributed by atoms with Gasteiger partial charge in [-0.2, -0.15) is 4.31 Å². The fraction of sp³-hybridized carbons (Fsp3) is 0.385. The summed E-state index contributed by atoms with van der Waals surface area (Å²) in [6.45, 7) is 4.06. The van der Waals surface area contributed by atoms with E-state index in [-0.39, 0.29) is 34.8 Å². The molecule has 1 aliphatic rings. The standard InChI is InChI=1S/C26H30Cl2N4O4S/c1-2-36-25-7-5-20(17-22(25)28)37(34,35)32-14-9-18(10-15-32)26(33)31-12-3-11-29-23-8-13-30-24-16-19(27)4-6-21(23)24/h4-8,13,16-18H,2-3,9-12,14-15H2,1H3,(H,29,30)(H,31,33). The van der Waals surface area contributed by atoms with Crippen LogP contribution in [0.3, 0.4) is 0 Å². The Balaban J connectivity index is 1.22. The molecule has 1 aromatic heterocycles. The minimum atomic E-state index is -3.69. The van der Waals surface area contributed by atoms with Crippen molar-refractivity contribution in [2.75, 3.05) is 38.1 Å². The summed E-state index contributed by atoms with van der Waals surface area (Å²) in [5.74, 6) is 0.204.